The van der Waals surface area contributed by atoms with Crippen molar-refractivity contribution in [2.24, 2.45) is 0 Å². The van der Waals surface area contributed by atoms with E-state index in [0.717, 1.165) is 12.1 Å². The molecule has 1 aromatic carbocycles. The van der Waals surface area contributed by atoms with Crippen molar-refractivity contribution in [3.63, 3.8) is 0 Å². The number of hydrogen-bond donors (Lipinski definition) is 0. The fourth-order valence-electron chi connectivity index (χ4n) is 1.11. The highest BCUT2D eigenvalue weighted by atomic mass is 19.2. The molecule has 0 saturated carbocycles. The predicted octanol–water partition coefficient (Wildman–Crippen LogP) is 3.06. The molecule has 0 N–H and O–H groups in total. The van der Waals surface area contributed by atoms with Crippen molar-refractivity contribution in [3.05, 3.63) is 35.4 Å². The van der Waals surface area contributed by atoms with Gasteiger partial charge in [-0.2, -0.15) is 0 Å². The fraction of sp³-hybridized carbons (Fsp3) is 0.400. The largest absolute Gasteiger partial charge is 0.374 e. The van der Waals surface area contributed by atoms with Crippen LogP contribution in [-0.2, 0) is 4.74 Å². The molecule has 1 rings (SSSR count). The van der Waals surface area contributed by atoms with Crippen LogP contribution in [0.25, 0.3) is 0 Å². The van der Waals surface area contributed by atoms with E-state index in [1.807, 2.05) is 6.92 Å². The molecule has 1 nitrogen and oxygen atoms in total. The zero-order chi connectivity index (χ0) is 9.84. The predicted molar refractivity (Wildman–Crippen MR) is 46.4 cm³/mol. The summed E-state index contributed by atoms with van der Waals surface area (Å²) in [4.78, 5) is 0. The molecule has 1 aromatic rings. The summed E-state index contributed by atoms with van der Waals surface area (Å²) < 4.78 is 30.5. The lowest BCUT2D eigenvalue weighted by atomic mass is 10.1. The normalized spacial score (nSPS) is 12.9. The molecule has 0 radical (unpaired) electrons. The SMILES string of the molecule is CCOC(C)c1ccc(F)c(F)c1. The maximum Gasteiger partial charge on any atom is 0.159 e. The Labute approximate surface area is 76.3 Å². The monoisotopic (exact) mass is 186 g/mol. The van der Waals surface area contributed by atoms with E-state index < -0.39 is 11.6 Å². The summed E-state index contributed by atoms with van der Waals surface area (Å²) in [5.41, 5.74) is 0.653. The summed E-state index contributed by atoms with van der Waals surface area (Å²) in [6.07, 6.45) is -0.194. The smallest absolute Gasteiger partial charge is 0.159 e. The first-order valence-corrected chi connectivity index (χ1v) is 4.21. The zero-order valence-electron chi connectivity index (χ0n) is 7.68. The van der Waals surface area contributed by atoms with Crippen molar-refractivity contribution in [1.82, 2.24) is 0 Å². The van der Waals surface area contributed by atoms with Gasteiger partial charge in [-0.1, -0.05) is 6.07 Å². The molecule has 0 aliphatic rings. The first kappa shape index (κ1) is 10.1. The number of benzene rings is 1. The molecule has 13 heavy (non-hydrogen) atoms. The number of hydrogen-bond acceptors (Lipinski definition) is 1. The summed E-state index contributed by atoms with van der Waals surface area (Å²) in [6.45, 7) is 4.22. The Morgan fingerprint density at radius 2 is 2.00 bits per heavy atom. The number of rotatable bonds is 3. The molecule has 0 amide bonds. The second kappa shape index (κ2) is 4.33. The van der Waals surface area contributed by atoms with Crippen LogP contribution in [-0.4, -0.2) is 6.61 Å². The zero-order valence-corrected chi connectivity index (χ0v) is 7.68. The van der Waals surface area contributed by atoms with E-state index in [0.29, 0.717) is 12.2 Å². The summed E-state index contributed by atoms with van der Waals surface area (Å²) in [5.74, 6) is -1.66. The van der Waals surface area contributed by atoms with E-state index >= 15 is 0 Å². The van der Waals surface area contributed by atoms with Crippen LogP contribution in [0, 0.1) is 11.6 Å². The van der Waals surface area contributed by atoms with Gasteiger partial charge in [-0.3, -0.25) is 0 Å². The molecule has 0 saturated heterocycles. The molecule has 72 valence electrons. The van der Waals surface area contributed by atoms with Gasteiger partial charge in [-0.15, -0.1) is 0 Å². The minimum absolute atomic E-state index is 0.194. The highest BCUT2D eigenvalue weighted by molar-refractivity contribution is 5.19. The Hall–Kier alpha value is -0.960. The van der Waals surface area contributed by atoms with E-state index in [1.165, 1.54) is 6.07 Å². The molecule has 1 unspecified atom stereocenters. The van der Waals surface area contributed by atoms with Crippen LogP contribution in [0.3, 0.4) is 0 Å². The Morgan fingerprint density at radius 3 is 2.54 bits per heavy atom. The van der Waals surface area contributed by atoms with Gasteiger partial charge in [0.15, 0.2) is 11.6 Å². The molecule has 3 heteroatoms. The van der Waals surface area contributed by atoms with Crippen LogP contribution in [0.5, 0.6) is 0 Å². The van der Waals surface area contributed by atoms with Crippen molar-refractivity contribution in [2.45, 2.75) is 20.0 Å². The van der Waals surface area contributed by atoms with Crippen LogP contribution in [0.15, 0.2) is 18.2 Å². The minimum Gasteiger partial charge on any atom is -0.374 e. The van der Waals surface area contributed by atoms with Gasteiger partial charge in [0.25, 0.3) is 0 Å². The van der Waals surface area contributed by atoms with E-state index in [2.05, 4.69) is 0 Å². The minimum atomic E-state index is -0.830. The first-order chi connectivity index (χ1) is 6.15. The van der Waals surface area contributed by atoms with Crippen LogP contribution in [0.1, 0.15) is 25.5 Å². The van der Waals surface area contributed by atoms with Crippen LogP contribution in [0.2, 0.25) is 0 Å². The van der Waals surface area contributed by atoms with Gasteiger partial charge >= 0.3 is 0 Å². The van der Waals surface area contributed by atoms with Crippen molar-refractivity contribution < 1.29 is 13.5 Å². The van der Waals surface area contributed by atoms with Gasteiger partial charge in [0, 0.05) is 6.61 Å². The van der Waals surface area contributed by atoms with Crippen molar-refractivity contribution in [2.75, 3.05) is 6.61 Å². The van der Waals surface area contributed by atoms with Crippen LogP contribution < -0.4 is 0 Å². The number of halogens is 2. The molecular formula is C10H12F2O. The molecule has 0 bridgehead atoms. The second-order valence-corrected chi connectivity index (χ2v) is 2.77. The maximum absolute atomic E-state index is 12.7. The average molecular weight is 186 g/mol. The lowest BCUT2D eigenvalue weighted by molar-refractivity contribution is 0.0761. The third-order valence-corrected chi connectivity index (χ3v) is 1.83. The number of ether oxygens (including phenoxy) is 1. The van der Waals surface area contributed by atoms with Gasteiger partial charge in [0.2, 0.25) is 0 Å². The standard InChI is InChI=1S/C10H12F2O/c1-3-13-7(2)8-4-5-9(11)10(12)6-8/h4-7H,3H2,1-2H3. The average Bonchev–Trinajstić information content (AvgIpc) is 2.10. The lowest BCUT2D eigenvalue weighted by Crippen LogP contribution is -2.00. The molecule has 0 aliphatic heterocycles. The van der Waals surface area contributed by atoms with Gasteiger partial charge in [0.05, 0.1) is 6.10 Å². The molecule has 0 heterocycles. The quantitative estimate of drug-likeness (QED) is 0.704. The van der Waals surface area contributed by atoms with Gasteiger partial charge in [0.1, 0.15) is 0 Å². The maximum atomic E-state index is 12.7. The molecule has 0 spiro atoms. The van der Waals surface area contributed by atoms with E-state index in [9.17, 15) is 8.78 Å². The van der Waals surface area contributed by atoms with E-state index in [4.69, 9.17) is 4.74 Å². The molecule has 0 aromatic heterocycles. The summed E-state index contributed by atoms with van der Waals surface area (Å²) in [5, 5.41) is 0. The summed E-state index contributed by atoms with van der Waals surface area (Å²) in [7, 11) is 0. The molecule has 0 fully saturated rings. The van der Waals surface area contributed by atoms with Gasteiger partial charge in [-0.05, 0) is 31.5 Å². The third kappa shape index (κ3) is 2.49. The van der Waals surface area contributed by atoms with Crippen LogP contribution >= 0.6 is 0 Å². The summed E-state index contributed by atoms with van der Waals surface area (Å²) in [6, 6.07) is 3.80. The Morgan fingerprint density at radius 1 is 1.31 bits per heavy atom. The molecule has 1 atom stereocenters. The van der Waals surface area contributed by atoms with Crippen molar-refractivity contribution in [1.29, 1.82) is 0 Å². The van der Waals surface area contributed by atoms with Gasteiger partial charge < -0.3 is 4.74 Å². The van der Waals surface area contributed by atoms with Gasteiger partial charge in [-0.25, -0.2) is 8.78 Å². The Kier molecular flexibility index (Phi) is 3.37. The highest BCUT2D eigenvalue weighted by Crippen LogP contribution is 2.18. The second-order valence-electron chi connectivity index (χ2n) is 2.77. The van der Waals surface area contributed by atoms with E-state index in [-0.39, 0.29) is 6.10 Å². The topological polar surface area (TPSA) is 9.23 Å². The van der Waals surface area contributed by atoms with Crippen molar-refractivity contribution >= 4 is 0 Å². The fourth-order valence-corrected chi connectivity index (χ4v) is 1.11. The third-order valence-electron chi connectivity index (χ3n) is 1.83. The first-order valence-electron chi connectivity index (χ1n) is 4.21. The highest BCUT2D eigenvalue weighted by Gasteiger charge is 2.08. The van der Waals surface area contributed by atoms with Crippen molar-refractivity contribution in [3.8, 4) is 0 Å². The summed E-state index contributed by atoms with van der Waals surface area (Å²) >= 11 is 0. The lowest BCUT2D eigenvalue weighted by Gasteiger charge is -2.11. The molecule has 0 aliphatic carbocycles. The van der Waals surface area contributed by atoms with Crippen LogP contribution in [0.4, 0.5) is 8.78 Å². The Bertz CT molecular complexity index is 286. The van der Waals surface area contributed by atoms with E-state index in [1.54, 1.807) is 6.92 Å². The molecular weight excluding hydrogens is 174 g/mol. The Balaban J connectivity index is 2.84.